The summed E-state index contributed by atoms with van der Waals surface area (Å²) in [6.45, 7) is -2.75. The lowest BCUT2D eigenvalue weighted by Gasteiger charge is -2.08. The molecular weight excluding hydrogens is 259 g/mol. The van der Waals surface area contributed by atoms with Crippen LogP contribution in [-0.4, -0.2) is 16.6 Å². The molecule has 0 saturated carbocycles. The highest BCUT2D eigenvalue weighted by Crippen LogP contribution is 2.20. The Hall–Kier alpha value is -2.31. The van der Waals surface area contributed by atoms with Crippen LogP contribution < -0.4 is 10.1 Å². The van der Waals surface area contributed by atoms with Crippen LogP contribution in [0.3, 0.4) is 0 Å². The summed E-state index contributed by atoms with van der Waals surface area (Å²) >= 11 is 0. The Morgan fingerprint density at radius 2 is 2.11 bits per heavy atom. The summed E-state index contributed by atoms with van der Waals surface area (Å²) < 4.78 is 41.3. The van der Waals surface area contributed by atoms with Gasteiger partial charge in [-0.25, -0.2) is 9.37 Å². The van der Waals surface area contributed by atoms with E-state index < -0.39 is 18.2 Å². The predicted molar refractivity (Wildman–Crippen MR) is 62.4 cm³/mol. The number of rotatable bonds is 5. The molecule has 0 amide bonds. The number of alkyl halides is 2. The molecule has 7 heteroatoms. The molecule has 1 heterocycles. The van der Waals surface area contributed by atoms with E-state index in [4.69, 9.17) is 0 Å². The minimum Gasteiger partial charge on any atom is -0.432 e. The number of aromatic nitrogens is 2. The van der Waals surface area contributed by atoms with Gasteiger partial charge in [0.15, 0.2) is 11.6 Å². The van der Waals surface area contributed by atoms with Crippen LogP contribution in [0.1, 0.15) is 5.56 Å². The largest absolute Gasteiger partial charge is 0.432 e. The van der Waals surface area contributed by atoms with Crippen molar-refractivity contribution in [2.75, 3.05) is 5.32 Å². The van der Waals surface area contributed by atoms with Gasteiger partial charge < -0.3 is 10.1 Å². The third kappa shape index (κ3) is 3.84. The van der Waals surface area contributed by atoms with Gasteiger partial charge in [-0.15, -0.1) is 0 Å². The van der Waals surface area contributed by atoms with Gasteiger partial charge in [0.05, 0.1) is 6.20 Å². The van der Waals surface area contributed by atoms with Crippen molar-refractivity contribution in [3.8, 4) is 5.75 Å². The number of ether oxygens (including phenoxy) is 1. The van der Waals surface area contributed by atoms with Crippen LogP contribution in [-0.2, 0) is 6.54 Å². The Balaban J connectivity index is 2.00. The number of nitrogens with one attached hydrogen (secondary N) is 1. The van der Waals surface area contributed by atoms with E-state index >= 15 is 0 Å². The first-order chi connectivity index (χ1) is 9.15. The van der Waals surface area contributed by atoms with Crippen molar-refractivity contribution >= 4 is 5.82 Å². The molecule has 0 saturated heterocycles. The summed E-state index contributed by atoms with van der Waals surface area (Å²) in [5.41, 5.74) is 0.574. The van der Waals surface area contributed by atoms with Gasteiger partial charge in [0.1, 0.15) is 5.82 Å². The summed E-state index contributed by atoms with van der Waals surface area (Å²) in [6.07, 6.45) is 4.56. The van der Waals surface area contributed by atoms with E-state index in [-0.39, 0.29) is 0 Å². The average Bonchev–Trinajstić information content (AvgIpc) is 2.40. The molecule has 1 N–H and O–H groups in total. The number of hydrogen-bond donors (Lipinski definition) is 1. The minimum atomic E-state index is -3.04. The van der Waals surface area contributed by atoms with Crippen LogP contribution in [0.15, 0.2) is 36.8 Å². The molecule has 0 bridgehead atoms. The first-order valence-corrected chi connectivity index (χ1v) is 5.38. The molecule has 0 unspecified atom stereocenters. The van der Waals surface area contributed by atoms with Gasteiger partial charge in [-0.3, -0.25) is 4.98 Å². The third-order valence-electron chi connectivity index (χ3n) is 2.25. The summed E-state index contributed by atoms with van der Waals surface area (Å²) in [6, 6.07) is 3.78. The fourth-order valence-corrected chi connectivity index (χ4v) is 1.43. The Morgan fingerprint density at radius 3 is 2.74 bits per heavy atom. The zero-order valence-corrected chi connectivity index (χ0v) is 9.69. The van der Waals surface area contributed by atoms with Crippen LogP contribution in [0.2, 0.25) is 0 Å². The van der Waals surface area contributed by atoms with Crippen LogP contribution in [0.5, 0.6) is 5.75 Å². The number of anilines is 1. The minimum absolute atomic E-state index is 0.296. The Bertz CT molecular complexity index is 537. The predicted octanol–water partition coefficient (Wildman–Crippen LogP) is 2.83. The number of halogens is 3. The highest BCUT2D eigenvalue weighted by molar-refractivity contribution is 5.34. The number of hydrogen-bond acceptors (Lipinski definition) is 4. The molecule has 2 rings (SSSR count). The SMILES string of the molecule is Fc1cc(CNc2cnccn2)ccc1OC(F)F. The fraction of sp³-hybridized carbons (Fsp3) is 0.167. The molecule has 0 aliphatic rings. The van der Waals surface area contributed by atoms with Gasteiger partial charge in [0, 0.05) is 18.9 Å². The van der Waals surface area contributed by atoms with E-state index in [9.17, 15) is 13.2 Å². The van der Waals surface area contributed by atoms with Gasteiger partial charge in [0.25, 0.3) is 0 Å². The van der Waals surface area contributed by atoms with Crippen LogP contribution >= 0.6 is 0 Å². The lowest BCUT2D eigenvalue weighted by molar-refractivity contribution is -0.0522. The first-order valence-electron chi connectivity index (χ1n) is 5.38. The second-order valence-electron chi connectivity index (χ2n) is 3.59. The van der Waals surface area contributed by atoms with Gasteiger partial charge >= 0.3 is 6.61 Å². The van der Waals surface area contributed by atoms with Crippen molar-refractivity contribution in [3.63, 3.8) is 0 Å². The van der Waals surface area contributed by atoms with Crippen molar-refractivity contribution < 1.29 is 17.9 Å². The topological polar surface area (TPSA) is 47.0 Å². The lowest BCUT2D eigenvalue weighted by atomic mass is 10.2. The monoisotopic (exact) mass is 269 g/mol. The molecule has 1 aromatic heterocycles. The zero-order valence-electron chi connectivity index (χ0n) is 9.69. The summed E-state index contributed by atoms with van der Waals surface area (Å²) in [5, 5.41) is 2.92. The van der Waals surface area contributed by atoms with Crippen molar-refractivity contribution in [1.29, 1.82) is 0 Å². The maximum Gasteiger partial charge on any atom is 0.387 e. The molecule has 0 spiro atoms. The van der Waals surface area contributed by atoms with Gasteiger partial charge in [0.2, 0.25) is 0 Å². The maximum atomic E-state index is 13.4. The molecule has 0 aliphatic carbocycles. The van der Waals surface area contributed by atoms with Gasteiger partial charge in [-0.1, -0.05) is 6.07 Å². The van der Waals surface area contributed by atoms with Crippen molar-refractivity contribution in [2.45, 2.75) is 13.2 Å². The molecule has 4 nitrogen and oxygen atoms in total. The number of nitrogens with zero attached hydrogens (tertiary/aromatic N) is 2. The standard InChI is InChI=1S/C12H10F3N3O/c13-9-5-8(1-2-10(9)19-12(14)15)6-18-11-7-16-3-4-17-11/h1-5,7,12H,6H2,(H,17,18). The number of benzene rings is 1. The van der Waals surface area contributed by atoms with Crippen molar-refractivity contribution in [1.82, 2.24) is 9.97 Å². The van der Waals surface area contributed by atoms with Crippen molar-refractivity contribution in [2.24, 2.45) is 0 Å². The van der Waals surface area contributed by atoms with E-state index in [0.717, 1.165) is 12.1 Å². The quantitative estimate of drug-likeness (QED) is 0.906. The summed E-state index contributed by atoms with van der Waals surface area (Å²) in [4.78, 5) is 7.84. The Morgan fingerprint density at radius 1 is 1.26 bits per heavy atom. The van der Waals surface area contributed by atoms with Gasteiger partial charge in [-0.2, -0.15) is 8.78 Å². The maximum absolute atomic E-state index is 13.4. The molecular formula is C12H10F3N3O. The summed E-state index contributed by atoms with van der Waals surface area (Å²) in [5.74, 6) is -0.771. The summed E-state index contributed by atoms with van der Waals surface area (Å²) in [7, 11) is 0. The second kappa shape index (κ2) is 6.03. The van der Waals surface area contributed by atoms with E-state index in [1.807, 2.05) is 0 Å². The van der Waals surface area contributed by atoms with Crippen LogP contribution in [0, 0.1) is 5.82 Å². The highest BCUT2D eigenvalue weighted by atomic mass is 19.3. The van der Waals surface area contributed by atoms with E-state index in [1.54, 1.807) is 0 Å². The molecule has 0 aliphatic heterocycles. The second-order valence-corrected chi connectivity index (χ2v) is 3.59. The Kier molecular flexibility index (Phi) is 4.17. The molecule has 0 fully saturated rings. The molecule has 2 aromatic rings. The van der Waals surface area contributed by atoms with E-state index in [0.29, 0.717) is 17.9 Å². The first kappa shape index (κ1) is 13.1. The molecule has 1 aromatic carbocycles. The lowest BCUT2D eigenvalue weighted by Crippen LogP contribution is -2.05. The molecule has 100 valence electrons. The highest BCUT2D eigenvalue weighted by Gasteiger charge is 2.10. The van der Waals surface area contributed by atoms with Crippen LogP contribution in [0.25, 0.3) is 0 Å². The molecule has 0 atom stereocenters. The smallest absolute Gasteiger partial charge is 0.387 e. The van der Waals surface area contributed by atoms with Gasteiger partial charge in [-0.05, 0) is 17.7 Å². The molecule has 0 radical (unpaired) electrons. The average molecular weight is 269 g/mol. The van der Waals surface area contributed by atoms with E-state index in [1.165, 1.54) is 24.7 Å². The Labute approximate surface area is 107 Å². The third-order valence-corrected chi connectivity index (χ3v) is 2.25. The van der Waals surface area contributed by atoms with E-state index in [2.05, 4.69) is 20.0 Å². The molecule has 19 heavy (non-hydrogen) atoms. The van der Waals surface area contributed by atoms with Crippen LogP contribution in [0.4, 0.5) is 19.0 Å². The zero-order chi connectivity index (χ0) is 13.7. The normalized spacial score (nSPS) is 10.5. The fourth-order valence-electron chi connectivity index (χ4n) is 1.43. The van der Waals surface area contributed by atoms with Crippen molar-refractivity contribution in [3.05, 3.63) is 48.2 Å².